The van der Waals surface area contributed by atoms with Crippen molar-refractivity contribution in [1.82, 2.24) is 9.13 Å². The van der Waals surface area contributed by atoms with Crippen molar-refractivity contribution in [3.05, 3.63) is 70.4 Å². The van der Waals surface area contributed by atoms with Gasteiger partial charge in [0.25, 0.3) is 0 Å². The van der Waals surface area contributed by atoms with Gasteiger partial charge in [-0.25, -0.2) is 4.39 Å². The van der Waals surface area contributed by atoms with E-state index in [1.165, 1.54) is 28.8 Å². The minimum Gasteiger partial charge on any atom is -0.497 e. The highest BCUT2D eigenvalue weighted by Gasteiger charge is 2.20. The van der Waals surface area contributed by atoms with Crippen molar-refractivity contribution < 1.29 is 24.1 Å². The molecule has 6 nitrogen and oxygen atoms in total. The molecule has 0 spiro atoms. The molecule has 0 amide bonds. The summed E-state index contributed by atoms with van der Waals surface area (Å²) in [6, 6.07) is 13.0. The van der Waals surface area contributed by atoms with E-state index in [4.69, 9.17) is 17.0 Å². The number of carboxylic acids is 1. The monoisotopic (exact) mass is 402 g/mol. The summed E-state index contributed by atoms with van der Waals surface area (Å²) >= 11 is 5.48. The summed E-state index contributed by atoms with van der Waals surface area (Å²) in [5, 5.41) is 19.9. The molecule has 3 aromatic rings. The van der Waals surface area contributed by atoms with Crippen molar-refractivity contribution in [2.45, 2.75) is 19.4 Å². The van der Waals surface area contributed by atoms with E-state index in [0.29, 0.717) is 18.7 Å². The van der Waals surface area contributed by atoms with E-state index < -0.39 is 11.8 Å². The number of methoxy groups -OCH3 is 1. The first kappa shape index (κ1) is 19.6. The van der Waals surface area contributed by atoms with Crippen LogP contribution in [0.3, 0.4) is 0 Å². The molecule has 0 saturated carbocycles. The topological polar surface area (TPSA) is 76.6 Å². The molecule has 0 fully saturated rings. The Morgan fingerprint density at radius 1 is 1.14 bits per heavy atom. The Morgan fingerprint density at radius 2 is 1.79 bits per heavy atom. The molecule has 146 valence electrons. The lowest BCUT2D eigenvalue weighted by Gasteiger charge is -2.08. The van der Waals surface area contributed by atoms with E-state index in [-0.39, 0.29) is 22.8 Å². The zero-order chi connectivity index (χ0) is 20.3. The van der Waals surface area contributed by atoms with Crippen LogP contribution in [-0.4, -0.2) is 32.4 Å². The Balaban J connectivity index is 1.98. The number of carbonyl (C=O) groups is 1. The number of rotatable bonds is 7. The van der Waals surface area contributed by atoms with Gasteiger partial charge >= 0.3 is 5.97 Å². The molecule has 1 aromatic heterocycles. The van der Waals surface area contributed by atoms with E-state index in [1.54, 1.807) is 11.7 Å². The Morgan fingerprint density at radius 3 is 2.36 bits per heavy atom. The molecule has 2 aromatic carbocycles. The van der Waals surface area contributed by atoms with E-state index in [0.717, 1.165) is 11.3 Å². The van der Waals surface area contributed by atoms with Crippen molar-refractivity contribution in [2.75, 3.05) is 7.11 Å². The number of hydrogen-bond donors (Lipinski definition) is 2. The molecule has 3 rings (SSSR count). The van der Waals surface area contributed by atoms with Crippen LogP contribution in [-0.2, 0) is 24.2 Å². The number of benzene rings is 2. The minimum absolute atomic E-state index is 0.204. The minimum atomic E-state index is -1.08. The number of aromatic nitrogens is 2. The van der Waals surface area contributed by atoms with Crippen LogP contribution in [0.15, 0.2) is 48.5 Å². The van der Waals surface area contributed by atoms with Crippen LogP contribution in [0, 0.1) is 10.6 Å². The van der Waals surface area contributed by atoms with Gasteiger partial charge in [-0.3, -0.25) is 9.36 Å². The Bertz CT molecular complexity index is 1040. The van der Waals surface area contributed by atoms with Crippen LogP contribution in [0.4, 0.5) is 4.39 Å². The third-order valence-electron chi connectivity index (χ3n) is 4.40. The summed E-state index contributed by atoms with van der Waals surface area (Å²) < 4.78 is 21.6. The van der Waals surface area contributed by atoms with Crippen molar-refractivity contribution in [3.8, 4) is 17.3 Å². The maximum atomic E-state index is 13.2. The van der Waals surface area contributed by atoms with Crippen LogP contribution in [0.2, 0.25) is 0 Å². The molecule has 8 heteroatoms. The number of carboxylic acid groups (broad SMARTS) is 1. The van der Waals surface area contributed by atoms with Gasteiger partial charge in [0.05, 0.1) is 24.9 Å². The number of aryl methyl sites for hydroxylation is 1. The number of nitrogens with zero attached hydrogens (tertiary/aromatic N) is 2. The molecule has 2 N–H and O–H groups in total. The van der Waals surface area contributed by atoms with Gasteiger partial charge in [0, 0.05) is 6.54 Å². The lowest BCUT2D eigenvalue weighted by molar-refractivity contribution is -0.136. The molecular weight excluding hydrogens is 383 g/mol. The number of ether oxygens (including phenoxy) is 1. The van der Waals surface area contributed by atoms with Gasteiger partial charge in [-0.1, -0.05) is 12.1 Å². The molecule has 28 heavy (non-hydrogen) atoms. The highest BCUT2D eigenvalue weighted by molar-refractivity contribution is 7.71. The molecule has 1 heterocycles. The van der Waals surface area contributed by atoms with Gasteiger partial charge in [0.1, 0.15) is 11.6 Å². The lowest BCUT2D eigenvalue weighted by Crippen LogP contribution is -2.10. The van der Waals surface area contributed by atoms with Gasteiger partial charge in [-0.15, -0.1) is 0 Å². The molecule has 0 unspecified atom stereocenters. The summed E-state index contributed by atoms with van der Waals surface area (Å²) in [6.07, 6.45) is 0.198. The number of hydrogen-bond acceptors (Lipinski definition) is 4. The fourth-order valence-corrected chi connectivity index (χ4v) is 3.37. The second-order valence-corrected chi connectivity index (χ2v) is 6.55. The molecule has 0 aliphatic heterocycles. The van der Waals surface area contributed by atoms with E-state index in [9.17, 15) is 19.4 Å². The van der Waals surface area contributed by atoms with Crippen molar-refractivity contribution in [3.63, 3.8) is 0 Å². The predicted molar refractivity (Wildman–Crippen MR) is 104 cm³/mol. The highest BCUT2D eigenvalue weighted by atomic mass is 32.1. The fraction of sp³-hybridized carbons (Fsp3) is 0.200. The standard InChI is InChI=1S/C20H19FN2O4S/c1-27-16-8-2-13(3-9-16)10-11-22-17(12-18(24)25)19(26)23(20(22)28)15-6-4-14(21)5-7-15/h2-9,26H,10-12H2,1H3,(H,24,25). The second kappa shape index (κ2) is 8.26. The van der Waals surface area contributed by atoms with E-state index in [1.807, 2.05) is 24.3 Å². The first-order chi connectivity index (χ1) is 13.4. The van der Waals surface area contributed by atoms with Crippen LogP contribution in [0.5, 0.6) is 11.6 Å². The van der Waals surface area contributed by atoms with Crippen LogP contribution >= 0.6 is 12.2 Å². The molecule has 0 saturated heterocycles. The number of imidazole rings is 1. The smallest absolute Gasteiger partial charge is 0.309 e. The molecule has 0 radical (unpaired) electrons. The second-order valence-electron chi connectivity index (χ2n) is 6.18. The molecule has 0 aliphatic rings. The summed E-state index contributed by atoms with van der Waals surface area (Å²) in [4.78, 5) is 11.3. The average Bonchev–Trinajstić information content (AvgIpc) is 2.90. The normalized spacial score (nSPS) is 10.8. The number of aromatic hydroxyl groups is 1. The van der Waals surface area contributed by atoms with E-state index >= 15 is 0 Å². The first-order valence-electron chi connectivity index (χ1n) is 8.54. The number of aliphatic carboxylic acids is 1. The van der Waals surface area contributed by atoms with Crippen LogP contribution < -0.4 is 4.74 Å². The zero-order valence-electron chi connectivity index (χ0n) is 15.1. The summed E-state index contributed by atoms with van der Waals surface area (Å²) in [6.45, 7) is 0.384. The molecule has 0 aliphatic carbocycles. The molecule has 0 bridgehead atoms. The predicted octanol–water partition coefficient (Wildman–Crippen LogP) is 3.73. The van der Waals surface area contributed by atoms with Gasteiger partial charge in [0.2, 0.25) is 5.88 Å². The van der Waals surface area contributed by atoms with E-state index in [2.05, 4.69) is 0 Å². The Labute approximate surface area is 166 Å². The molecular formula is C20H19FN2O4S. The maximum absolute atomic E-state index is 13.2. The third-order valence-corrected chi connectivity index (χ3v) is 4.81. The largest absolute Gasteiger partial charge is 0.497 e. The summed E-state index contributed by atoms with van der Waals surface area (Å²) in [7, 11) is 1.59. The van der Waals surface area contributed by atoms with Crippen LogP contribution in [0.25, 0.3) is 5.69 Å². The SMILES string of the molecule is COc1ccc(CCn2c(CC(=O)O)c(O)n(-c3ccc(F)cc3)c2=S)cc1. The highest BCUT2D eigenvalue weighted by Crippen LogP contribution is 2.27. The zero-order valence-corrected chi connectivity index (χ0v) is 15.9. The average molecular weight is 402 g/mol. The number of halogens is 1. The Kier molecular flexibility index (Phi) is 5.79. The van der Waals surface area contributed by atoms with Gasteiger partial charge in [0.15, 0.2) is 4.77 Å². The first-order valence-corrected chi connectivity index (χ1v) is 8.95. The molecule has 0 atom stereocenters. The summed E-state index contributed by atoms with van der Waals surface area (Å²) in [5.74, 6) is -1.01. The van der Waals surface area contributed by atoms with Gasteiger partial charge in [-0.2, -0.15) is 0 Å². The van der Waals surface area contributed by atoms with Gasteiger partial charge in [-0.05, 0) is 60.6 Å². The van der Waals surface area contributed by atoms with Crippen LogP contribution in [0.1, 0.15) is 11.3 Å². The maximum Gasteiger partial charge on any atom is 0.309 e. The third kappa shape index (κ3) is 4.07. The van der Waals surface area contributed by atoms with Crippen molar-refractivity contribution >= 4 is 18.2 Å². The Hall–Kier alpha value is -3.13. The quantitative estimate of drug-likeness (QED) is 0.589. The van der Waals surface area contributed by atoms with Crippen molar-refractivity contribution in [1.29, 1.82) is 0 Å². The van der Waals surface area contributed by atoms with Crippen molar-refractivity contribution in [2.24, 2.45) is 0 Å². The van der Waals surface area contributed by atoms with Gasteiger partial charge < -0.3 is 19.5 Å². The lowest BCUT2D eigenvalue weighted by atomic mass is 10.1. The fourth-order valence-electron chi connectivity index (χ4n) is 2.98. The summed E-state index contributed by atoms with van der Waals surface area (Å²) in [5.41, 5.74) is 1.67.